The second-order valence-electron chi connectivity index (χ2n) is 5.46. The Morgan fingerprint density at radius 3 is 2.33 bits per heavy atom. The lowest BCUT2D eigenvalue weighted by Crippen LogP contribution is -2.41. The van der Waals surface area contributed by atoms with E-state index in [-0.39, 0.29) is 29.1 Å². The lowest BCUT2D eigenvalue weighted by Gasteiger charge is -2.19. The Kier molecular flexibility index (Phi) is 5.36. The first-order valence-corrected chi connectivity index (χ1v) is 8.12. The van der Waals surface area contributed by atoms with Crippen molar-refractivity contribution in [3.8, 4) is 0 Å². The van der Waals surface area contributed by atoms with E-state index in [1.807, 2.05) is 27.7 Å². The number of aryl methyl sites for hydroxylation is 2. The minimum atomic E-state index is -3.79. The number of nitrogens with one attached hydrogen (secondary N) is 1. The monoisotopic (exact) mass is 313 g/mol. The zero-order valence-electron chi connectivity index (χ0n) is 13.1. The molecule has 0 unspecified atom stereocenters. The summed E-state index contributed by atoms with van der Waals surface area (Å²) in [5, 5.41) is 2.66. The van der Waals surface area contributed by atoms with E-state index in [1.165, 1.54) is 13.1 Å². The van der Waals surface area contributed by atoms with E-state index in [9.17, 15) is 13.2 Å². The Hall–Kier alpha value is -1.60. The number of carbonyl (C=O) groups is 1. The summed E-state index contributed by atoms with van der Waals surface area (Å²) >= 11 is 0. The first-order valence-electron chi connectivity index (χ1n) is 6.68. The molecule has 21 heavy (non-hydrogen) atoms. The second-order valence-corrected chi connectivity index (χ2v) is 7.47. The van der Waals surface area contributed by atoms with Gasteiger partial charge in [-0.15, -0.1) is 0 Å². The van der Waals surface area contributed by atoms with Crippen molar-refractivity contribution in [2.45, 2.75) is 38.6 Å². The van der Waals surface area contributed by atoms with Crippen LogP contribution in [0.5, 0.6) is 0 Å². The van der Waals surface area contributed by atoms with Gasteiger partial charge in [-0.25, -0.2) is 8.42 Å². The van der Waals surface area contributed by atoms with Gasteiger partial charge < -0.3 is 11.1 Å². The molecule has 0 saturated carbocycles. The van der Waals surface area contributed by atoms with Gasteiger partial charge in [0, 0.05) is 13.1 Å². The number of hydrogen-bond donors (Lipinski definition) is 2. The number of nitrogens with two attached hydrogens (primary N) is 1. The number of anilines is 1. The quantitative estimate of drug-likeness (QED) is 0.794. The molecule has 118 valence electrons. The van der Waals surface area contributed by atoms with Crippen molar-refractivity contribution in [2.24, 2.45) is 0 Å². The molecule has 1 aromatic rings. The van der Waals surface area contributed by atoms with E-state index >= 15 is 0 Å². The van der Waals surface area contributed by atoms with Crippen LogP contribution < -0.4 is 11.1 Å². The minimum Gasteiger partial charge on any atom is -0.398 e. The molecule has 0 spiro atoms. The summed E-state index contributed by atoms with van der Waals surface area (Å²) in [7, 11) is -2.43. The van der Waals surface area contributed by atoms with Gasteiger partial charge in [-0.1, -0.05) is 0 Å². The third-order valence-electron chi connectivity index (χ3n) is 3.13. The molecule has 0 aromatic heterocycles. The zero-order chi connectivity index (χ0) is 16.4. The highest BCUT2D eigenvalue weighted by molar-refractivity contribution is 7.89. The fourth-order valence-corrected chi connectivity index (χ4v) is 3.16. The molecule has 7 heteroatoms. The largest absolute Gasteiger partial charge is 0.398 e. The average molecular weight is 313 g/mol. The van der Waals surface area contributed by atoms with Crippen LogP contribution in [0, 0.1) is 13.8 Å². The summed E-state index contributed by atoms with van der Waals surface area (Å²) in [6.45, 7) is 7.06. The van der Waals surface area contributed by atoms with Gasteiger partial charge in [-0.3, -0.25) is 4.79 Å². The van der Waals surface area contributed by atoms with Crippen LogP contribution in [-0.2, 0) is 14.8 Å². The molecule has 0 fully saturated rings. The van der Waals surface area contributed by atoms with Crippen LogP contribution in [0.1, 0.15) is 25.0 Å². The van der Waals surface area contributed by atoms with E-state index < -0.39 is 10.0 Å². The van der Waals surface area contributed by atoms with E-state index in [0.29, 0.717) is 0 Å². The van der Waals surface area contributed by atoms with Gasteiger partial charge in [-0.05, 0) is 51.0 Å². The van der Waals surface area contributed by atoms with Crippen molar-refractivity contribution in [3.63, 3.8) is 0 Å². The summed E-state index contributed by atoms with van der Waals surface area (Å²) in [5.41, 5.74) is 7.77. The van der Waals surface area contributed by atoms with E-state index in [0.717, 1.165) is 15.4 Å². The lowest BCUT2D eigenvalue weighted by atomic mass is 10.1. The maximum absolute atomic E-state index is 12.5. The van der Waals surface area contributed by atoms with Crippen LogP contribution >= 0.6 is 0 Å². The smallest absolute Gasteiger partial charge is 0.245 e. The van der Waals surface area contributed by atoms with Crippen LogP contribution in [0.3, 0.4) is 0 Å². The molecule has 0 radical (unpaired) electrons. The first kappa shape index (κ1) is 17.5. The van der Waals surface area contributed by atoms with Crippen LogP contribution in [0.2, 0.25) is 0 Å². The summed E-state index contributed by atoms with van der Waals surface area (Å²) in [4.78, 5) is 11.7. The van der Waals surface area contributed by atoms with Crippen molar-refractivity contribution in [2.75, 3.05) is 19.3 Å². The number of nitrogens with zero attached hydrogens (tertiary/aromatic N) is 1. The summed E-state index contributed by atoms with van der Waals surface area (Å²) in [5.74, 6) is -0.349. The van der Waals surface area contributed by atoms with Crippen molar-refractivity contribution < 1.29 is 13.2 Å². The predicted octanol–water partition coefficient (Wildman–Crippen LogP) is 1.03. The van der Waals surface area contributed by atoms with E-state index in [2.05, 4.69) is 5.32 Å². The first-order chi connectivity index (χ1) is 9.55. The zero-order valence-corrected chi connectivity index (χ0v) is 13.9. The van der Waals surface area contributed by atoms with Gasteiger partial charge in [0.15, 0.2) is 0 Å². The fraction of sp³-hybridized carbons (Fsp3) is 0.500. The third kappa shape index (κ3) is 4.18. The number of nitrogen functional groups attached to an aromatic ring is 1. The van der Waals surface area contributed by atoms with Crippen LogP contribution in [-0.4, -0.2) is 38.3 Å². The topological polar surface area (TPSA) is 92.5 Å². The Bertz CT molecular complexity index is 639. The number of benzene rings is 1. The normalized spacial score (nSPS) is 12.0. The minimum absolute atomic E-state index is 0.0328. The maximum Gasteiger partial charge on any atom is 0.245 e. The molecule has 1 amide bonds. The average Bonchev–Trinajstić information content (AvgIpc) is 2.32. The predicted molar refractivity (Wildman–Crippen MR) is 83.4 cm³/mol. The summed E-state index contributed by atoms with van der Waals surface area (Å²) in [6, 6.07) is 3.13. The molecule has 1 aromatic carbocycles. The molecular weight excluding hydrogens is 290 g/mol. The Morgan fingerprint density at radius 2 is 1.81 bits per heavy atom. The molecule has 1 rings (SSSR count). The van der Waals surface area contributed by atoms with Gasteiger partial charge in [0.05, 0.1) is 12.2 Å². The van der Waals surface area contributed by atoms with E-state index in [1.54, 1.807) is 6.07 Å². The maximum atomic E-state index is 12.5. The molecule has 0 bridgehead atoms. The summed E-state index contributed by atoms with van der Waals surface area (Å²) in [6.07, 6.45) is 0. The molecule has 0 heterocycles. The molecular formula is C14H23N3O3S. The number of amides is 1. The Morgan fingerprint density at radius 1 is 1.29 bits per heavy atom. The second kappa shape index (κ2) is 6.44. The highest BCUT2D eigenvalue weighted by Gasteiger charge is 2.25. The van der Waals surface area contributed by atoms with Crippen molar-refractivity contribution in [1.29, 1.82) is 0 Å². The standard InChI is InChI=1S/C14H23N3O3S/c1-9(2)16-14(18)8-17(5)21(19,20)13-7-11(4)10(3)6-12(13)15/h6-7,9H,8,15H2,1-5H3,(H,16,18). The summed E-state index contributed by atoms with van der Waals surface area (Å²) < 4.78 is 26.0. The Labute approximate surface area is 126 Å². The van der Waals surface area contributed by atoms with Crippen molar-refractivity contribution in [1.82, 2.24) is 9.62 Å². The molecule has 0 aliphatic heterocycles. The number of rotatable bonds is 5. The molecule has 6 nitrogen and oxygen atoms in total. The van der Waals surface area contributed by atoms with Gasteiger partial charge in [0.2, 0.25) is 15.9 Å². The van der Waals surface area contributed by atoms with E-state index in [4.69, 9.17) is 5.73 Å². The Balaban J connectivity index is 3.06. The molecule has 0 aliphatic rings. The number of hydrogen-bond acceptors (Lipinski definition) is 4. The van der Waals surface area contributed by atoms with Gasteiger partial charge in [-0.2, -0.15) is 4.31 Å². The molecule has 0 atom stereocenters. The van der Waals surface area contributed by atoms with Crippen LogP contribution in [0.15, 0.2) is 17.0 Å². The van der Waals surface area contributed by atoms with Crippen molar-refractivity contribution >= 4 is 21.6 Å². The molecule has 0 saturated heterocycles. The molecule has 0 aliphatic carbocycles. The number of sulfonamides is 1. The SMILES string of the molecule is Cc1cc(N)c(S(=O)(=O)N(C)CC(=O)NC(C)C)cc1C. The van der Waals surface area contributed by atoms with Gasteiger partial charge in [0.1, 0.15) is 4.90 Å². The van der Waals surface area contributed by atoms with Crippen LogP contribution in [0.4, 0.5) is 5.69 Å². The molecule has 3 N–H and O–H groups in total. The van der Waals surface area contributed by atoms with Gasteiger partial charge >= 0.3 is 0 Å². The fourth-order valence-electron chi connectivity index (χ4n) is 1.86. The number of carbonyl (C=O) groups excluding carboxylic acids is 1. The third-order valence-corrected chi connectivity index (χ3v) is 4.99. The van der Waals surface area contributed by atoms with Crippen LogP contribution in [0.25, 0.3) is 0 Å². The van der Waals surface area contributed by atoms with Gasteiger partial charge in [0.25, 0.3) is 0 Å². The van der Waals surface area contributed by atoms with Crippen molar-refractivity contribution in [3.05, 3.63) is 23.3 Å². The highest BCUT2D eigenvalue weighted by Crippen LogP contribution is 2.25. The number of likely N-dealkylation sites (N-methyl/N-ethyl adjacent to an activating group) is 1. The lowest BCUT2D eigenvalue weighted by molar-refractivity contribution is -0.121. The highest BCUT2D eigenvalue weighted by atomic mass is 32.2.